The maximum Gasteiger partial charge on any atom is 0.164 e. The first kappa shape index (κ1) is 13.9. The number of hydrogen-bond donors (Lipinski definition) is 0. The van der Waals surface area contributed by atoms with E-state index in [2.05, 4.69) is 4.98 Å². The van der Waals surface area contributed by atoms with E-state index in [1.165, 1.54) is 18.7 Å². The maximum absolute atomic E-state index is 11.8. The van der Waals surface area contributed by atoms with Crippen LogP contribution in [-0.4, -0.2) is 17.9 Å². The van der Waals surface area contributed by atoms with Gasteiger partial charge in [0.1, 0.15) is 10.8 Å². The Bertz CT molecular complexity index is 616. The Balaban J connectivity index is 2.46. The average molecular weight is 294 g/mol. The molecule has 0 atom stereocenters. The van der Waals surface area contributed by atoms with Crippen LogP contribution in [0.15, 0.2) is 46.5 Å². The van der Waals surface area contributed by atoms with Gasteiger partial charge in [0.25, 0.3) is 0 Å². The molecule has 0 aliphatic rings. The van der Waals surface area contributed by atoms with Crippen LogP contribution in [0, 0.1) is 0 Å². The highest BCUT2D eigenvalue weighted by Gasteiger charge is 2.15. The number of pyridine rings is 1. The number of aromatic nitrogens is 1. The number of Topliss-reactive ketones (excluding diaryl/α,β-unsaturated/α-hetero) is 1. The van der Waals surface area contributed by atoms with Gasteiger partial charge in [-0.2, -0.15) is 0 Å². The molecule has 0 saturated carbocycles. The van der Waals surface area contributed by atoms with Crippen LogP contribution in [0.5, 0.6) is 5.75 Å². The first-order valence-corrected chi connectivity index (χ1v) is 6.79. The van der Waals surface area contributed by atoms with Crippen molar-refractivity contribution in [1.29, 1.82) is 0 Å². The van der Waals surface area contributed by atoms with Gasteiger partial charge in [0, 0.05) is 11.1 Å². The molecule has 1 heterocycles. The molecule has 0 unspecified atom stereocenters. The van der Waals surface area contributed by atoms with E-state index in [0.717, 1.165) is 4.90 Å². The van der Waals surface area contributed by atoms with E-state index in [4.69, 9.17) is 16.3 Å². The zero-order chi connectivity index (χ0) is 13.8. The van der Waals surface area contributed by atoms with Gasteiger partial charge in [0.05, 0.1) is 17.7 Å². The number of carbonyl (C=O) groups excluding carboxylic acids is 1. The number of methoxy groups -OCH3 is 1. The fraction of sp³-hybridized carbons (Fsp3) is 0.143. The standard InChI is InChI=1S/C14H12ClNO2S/c1-9(17)13-11(18-2)6-3-7-12(13)19-14-10(15)5-4-8-16-14/h3-8H,1-2H3. The molecule has 0 bridgehead atoms. The van der Waals surface area contributed by atoms with Crippen molar-refractivity contribution in [1.82, 2.24) is 4.98 Å². The Morgan fingerprint density at radius 2 is 2.11 bits per heavy atom. The van der Waals surface area contributed by atoms with Gasteiger partial charge < -0.3 is 4.74 Å². The highest BCUT2D eigenvalue weighted by Crippen LogP contribution is 2.36. The molecule has 0 fully saturated rings. The highest BCUT2D eigenvalue weighted by atomic mass is 35.5. The first-order valence-electron chi connectivity index (χ1n) is 5.59. The summed E-state index contributed by atoms with van der Waals surface area (Å²) in [4.78, 5) is 16.8. The summed E-state index contributed by atoms with van der Waals surface area (Å²) in [5.41, 5.74) is 0.553. The van der Waals surface area contributed by atoms with E-state index in [-0.39, 0.29) is 5.78 Å². The lowest BCUT2D eigenvalue weighted by Crippen LogP contribution is -2.00. The topological polar surface area (TPSA) is 39.2 Å². The van der Waals surface area contributed by atoms with Crippen molar-refractivity contribution in [2.24, 2.45) is 0 Å². The van der Waals surface area contributed by atoms with Gasteiger partial charge in [-0.25, -0.2) is 4.98 Å². The zero-order valence-electron chi connectivity index (χ0n) is 10.5. The number of benzene rings is 1. The van der Waals surface area contributed by atoms with E-state index in [1.54, 1.807) is 31.5 Å². The van der Waals surface area contributed by atoms with Crippen molar-refractivity contribution in [3.8, 4) is 5.75 Å². The molecule has 2 aromatic rings. The Hall–Kier alpha value is -1.52. The molecular formula is C14H12ClNO2S. The predicted octanol–water partition coefficient (Wildman–Crippen LogP) is 4.10. The van der Waals surface area contributed by atoms with Crippen molar-refractivity contribution >= 4 is 29.1 Å². The summed E-state index contributed by atoms with van der Waals surface area (Å²) in [5.74, 6) is 0.511. The van der Waals surface area contributed by atoms with Gasteiger partial charge in [-0.15, -0.1) is 0 Å². The molecule has 5 heteroatoms. The number of carbonyl (C=O) groups is 1. The van der Waals surface area contributed by atoms with Crippen molar-refractivity contribution in [2.75, 3.05) is 7.11 Å². The molecule has 1 aromatic heterocycles. The molecular weight excluding hydrogens is 282 g/mol. The molecule has 0 spiro atoms. The lowest BCUT2D eigenvalue weighted by atomic mass is 10.1. The fourth-order valence-corrected chi connectivity index (χ4v) is 2.88. The summed E-state index contributed by atoms with van der Waals surface area (Å²) >= 11 is 7.44. The molecule has 1 aromatic carbocycles. The van der Waals surface area contributed by atoms with Crippen LogP contribution in [0.25, 0.3) is 0 Å². The molecule has 3 nitrogen and oxygen atoms in total. The number of halogens is 1. The summed E-state index contributed by atoms with van der Waals surface area (Å²) in [7, 11) is 1.55. The van der Waals surface area contributed by atoms with Gasteiger partial charge in [-0.1, -0.05) is 29.4 Å². The Morgan fingerprint density at radius 1 is 1.32 bits per heavy atom. The molecule has 2 rings (SSSR count). The smallest absolute Gasteiger partial charge is 0.164 e. The van der Waals surface area contributed by atoms with E-state index >= 15 is 0 Å². The van der Waals surface area contributed by atoms with Crippen LogP contribution < -0.4 is 4.74 Å². The van der Waals surface area contributed by atoms with E-state index in [0.29, 0.717) is 21.4 Å². The SMILES string of the molecule is COc1cccc(Sc2ncccc2Cl)c1C(C)=O. The Kier molecular flexibility index (Phi) is 4.45. The lowest BCUT2D eigenvalue weighted by molar-refractivity contribution is 0.101. The van der Waals surface area contributed by atoms with Crippen molar-refractivity contribution in [3.63, 3.8) is 0 Å². The van der Waals surface area contributed by atoms with E-state index < -0.39 is 0 Å². The third kappa shape index (κ3) is 3.08. The Labute approximate surface area is 121 Å². The summed E-state index contributed by atoms with van der Waals surface area (Å²) in [6.45, 7) is 1.52. The summed E-state index contributed by atoms with van der Waals surface area (Å²) in [6.07, 6.45) is 1.67. The number of hydrogen-bond acceptors (Lipinski definition) is 4. The second-order valence-corrected chi connectivity index (χ2v) is 5.22. The minimum atomic E-state index is -0.0491. The van der Waals surface area contributed by atoms with E-state index in [9.17, 15) is 4.79 Å². The largest absolute Gasteiger partial charge is 0.496 e. The van der Waals surface area contributed by atoms with Crippen molar-refractivity contribution in [3.05, 3.63) is 47.1 Å². The quantitative estimate of drug-likeness (QED) is 0.796. The minimum Gasteiger partial charge on any atom is -0.496 e. The van der Waals surface area contributed by atoms with Crippen LogP contribution in [0.2, 0.25) is 5.02 Å². The van der Waals surface area contributed by atoms with Crippen molar-refractivity contribution < 1.29 is 9.53 Å². The zero-order valence-corrected chi connectivity index (χ0v) is 12.1. The molecule has 98 valence electrons. The third-order valence-electron chi connectivity index (χ3n) is 2.49. The minimum absolute atomic E-state index is 0.0491. The maximum atomic E-state index is 11.8. The highest BCUT2D eigenvalue weighted by molar-refractivity contribution is 7.99. The normalized spacial score (nSPS) is 10.3. The van der Waals surface area contributed by atoms with Gasteiger partial charge in [0.15, 0.2) is 5.78 Å². The van der Waals surface area contributed by atoms with Crippen LogP contribution in [0.3, 0.4) is 0 Å². The summed E-state index contributed by atoms with van der Waals surface area (Å²) < 4.78 is 5.23. The molecule has 0 N–H and O–H groups in total. The van der Waals surface area contributed by atoms with Gasteiger partial charge in [0.2, 0.25) is 0 Å². The van der Waals surface area contributed by atoms with Gasteiger partial charge in [-0.05, 0) is 31.2 Å². The molecule has 0 amide bonds. The molecule has 0 saturated heterocycles. The molecule has 0 aliphatic carbocycles. The van der Waals surface area contributed by atoms with Crippen LogP contribution in [0.1, 0.15) is 17.3 Å². The van der Waals surface area contributed by atoms with Crippen LogP contribution in [-0.2, 0) is 0 Å². The molecule has 0 radical (unpaired) electrons. The van der Waals surface area contributed by atoms with E-state index in [1.807, 2.05) is 12.1 Å². The number of rotatable bonds is 4. The third-order valence-corrected chi connectivity index (χ3v) is 3.99. The molecule has 19 heavy (non-hydrogen) atoms. The Morgan fingerprint density at radius 3 is 2.74 bits per heavy atom. The van der Waals surface area contributed by atoms with Crippen LogP contribution in [0.4, 0.5) is 0 Å². The van der Waals surface area contributed by atoms with Gasteiger partial charge in [-0.3, -0.25) is 4.79 Å². The fourth-order valence-electron chi connectivity index (χ4n) is 1.66. The second-order valence-electron chi connectivity index (χ2n) is 3.78. The summed E-state index contributed by atoms with van der Waals surface area (Å²) in [6, 6.07) is 8.99. The molecule has 0 aliphatic heterocycles. The number of nitrogens with zero attached hydrogens (tertiary/aromatic N) is 1. The van der Waals surface area contributed by atoms with Gasteiger partial charge >= 0.3 is 0 Å². The predicted molar refractivity (Wildman–Crippen MR) is 76.4 cm³/mol. The van der Waals surface area contributed by atoms with Crippen LogP contribution >= 0.6 is 23.4 Å². The monoisotopic (exact) mass is 293 g/mol. The van der Waals surface area contributed by atoms with Crippen molar-refractivity contribution in [2.45, 2.75) is 16.8 Å². The average Bonchev–Trinajstić information content (AvgIpc) is 2.40. The first-order chi connectivity index (χ1) is 9.13. The number of ketones is 1. The second kappa shape index (κ2) is 6.08. The lowest BCUT2D eigenvalue weighted by Gasteiger charge is -2.11. The number of ether oxygens (including phenoxy) is 1. The summed E-state index contributed by atoms with van der Waals surface area (Å²) in [5, 5.41) is 1.23.